The summed E-state index contributed by atoms with van der Waals surface area (Å²) in [6, 6.07) is 5.60. The number of benzene rings is 1. The highest BCUT2D eigenvalue weighted by Gasteiger charge is 2.19. The lowest BCUT2D eigenvalue weighted by Gasteiger charge is -2.08. The van der Waals surface area contributed by atoms with Crippen molar-refractivity contribution in [3.05, 3.63) is 29.8 Å². The van der Waals surface area contributed by atoms with Gasteiger partial charge in [0.15, 0.2) is 0 Å². The minimum absolute atomic E-state index is 0.0154. The molecule has 1 aromatic carbocycles. The second-order valence-electron chi connectivity index (χ2n) is 3.78. The molecule has 0 fully saturated rings. The smallest absolute Gasteiger partial charge is 0.339 e. The number of carbonyl (C=O) groups excluding carboxylic acids is 1. The van der Waals surface area contributed by atoms with Gasteiger partial charge in [0.2, 0.25) is 10.0 Å². The van der Waals surface area contributed by atoms with Crippen LogP contribution >= 0.6 is 0 Å². The van der Waals surface area contributed by atoms with Gasteiger partial charge in [-0.25, -0.2) is 18.4 Å². The van der Waals surface area contributed by atoms with Crippen LogP contribution in [0.25, 0.3) is 0 Å². The Morgan fingerprint density at radius 2 is 1.80 bits per heavy atom. The summed E-state index contributed by atoms with van der Waals surface area (Å²) in [7, 11) is -2.42. The number of hydrogen-bond donors (Lipinski definition) is 1. The van der Waals surface area contributed by atoms with Gasteiger partial charge in [0.25, 0.3) is 0 Å². The Morgan fingerprint density at radius 1 is 1.15 bits per heavy atom. The second kappa shape index (κ2) is 7.95. The number of ether oxygens (including phenoxy) is 3. The van der Waals surface area contributed by atoms with Crippen LogP contribution in [-0.4, -0.2) is 47.9 Å². The van der Waals surface area contributed by atoms with Crippen LogP contribution < -0.4 is 5.14 Å². The van der Waals surface area contributed by atoms with Crippen LogP contribution in [0.5, 0.6) is 0 Å². The number of primary sulfonamides is 1. The van der Waals surface area contributed by atoms with E-state index in [2.05, 4.69) is 0 Å². The molecule has 0 aromatic heterocycles. The summed E-state index contributed by atoms with van der Waals surface area (Å²) in [4.78, 5) is 11.5. The summed E-state index contributed by atoms with van der Waals surface area (Å²) in [5.74, 6) is -0.759. The van der Waals surface area contributed by atoms with Gasteiger partial charge in [-0.05, 0) is 12.1 Å². The van der Waals surface area contributed by atoms with Crippen LogP contribution in [0.15, 0.2) is 29.2 Å². The molecule has 0 aliphatic rings. The van der Waals surface area contributed by atoms with Gasteiger partial charge in [-0.1, -0.05) is 12.1 Å². The Hall–Kier alpha value is -1.48. The van der Waals surface area contributed by atoms with Crippen molar-refractivity contribution in [2.75, 3.05) is 33.5 Å². The summed E-state index contributed by atoms with van der Waals surface area (Å²) in [6.45, 7) is 1.05. The van der Waals surface area contributed by atoms with Crippen LogP contribution in [0.3, 0.4) is 0 Å². The predicted octanol–water partition coefficient (Wildman–Crippen LogP) is 0.154. The zero-order chi connectivity index (χ0) is 15.0. The van der Waals surface area contributed by atoms with Gasteiger partial charge in [0.05, 0.1) is 30.3 Å². The molecule has 0 amide bonds. The van der Waals surface area contributed by atoms with Gasteiger partial charge < -0.3 is 14.2 Å². The average molecular weight is 303 g/mol. The number of rotatable bonds is 8. The topological polar surface area (TPSA) is 105 Å². The Kier molecular flexibility index (Phi) is 6.59. The molecule has 0 spiro atoms. The first-order valence-electron chi connectivity index (χ1n) is 5.82. The highest BCUT2D eigenvalue weighted by molar-refractivity contribution is 7.89. The first-order chi connectivity index (χ1) is 9.46. The molecule has 0 aliphatic heterocycles. The van der Waals surface area contributed by atoms with Crippen LogP contribution in [0.1, 0.15) is 10.4 Å². The van der Waals surface area contributed by atoms with Crippen molar-refractivity contribution in [1.82, 2.24) is 0 Å². The SMILES string of the molecule is COCCOCCOC(=O)c1ccccc1S(N)(=O)=O. The van der Waals surface area contributed by atoms with E-state index in [9.17, 15) is 13.2 Å². The van der Waals surface area contributed by atoms with E-state index >= 15 is 0 Å². The van der Waals surface area contributed by atoms with Crippen molar-refractivity contribution in [2.24, 2.45) is 5.14 Å². The van der Waals surface area contributed by atoms with E-state index in [4.69, 9.17) is 19.3 Å². The summed E-state index contributed by atoms with van der Waals surface area (Å²) < 4.78 is 37.5. The van der Waals surface area contributed by atoms with E-state index < -0.39 is 16.0 Å². The molecule has 0 unspecified atom stereocenters. The molecule has 0 atom stereocenters. The van der Waals surface area contributed by atoms with Gasteiger partial charge in [0.1, 0.15) is 6.61 Å². The maximum atomic E-state index is 11.8. The Bertz CT molecular complexity index is 543. The summed E-state index contributed by atoms with van der Waals surface area (Å²) in [6.07, 6.45) is 0. The zero-order valence-electron chi connectivity index (χ0n) is 11.1. The number of carbonyl (C=O) groups is 1. The molecule has 0 radical (unpaired) electrons. The van der Waals surface area contributed by atoms with Crippen LogP contribution in [-0.2, 0) is 24.2 Å². The number of methoxy groups -OCH3 is 1. The van der Waals surface area contributed by atoms with Crippen molar-refractivity contribution in [2.45, 2.75) is 4.90 Å². The molecule has 8 heteroatoms. The molecule has 112 valence electrons. The second-order valence-corrected chi connectivity index (χ2v) is 5.31. The summed E-state index contributed by atoms with van der Waals surface area (Å²) in [5.41, 5.74) is -0.0908. The largest absolute Gasteiger partial charge is 0.460 e. The van der Waals surface area contributed by atoms with Crippen molar-refractivity contribution >= 4 is 16.0 Å². The molecule has 1 aromatic rings. The van der Waals surface area contributed by atoms with E-state index in [0.717, 1.165) is 0 Å². The Morgan fingerprint density at radius 3 is 2.45 bits per heavy atom. The molecule has 0 heterocycles. The lowest BCUT2D eigenvalue weighted by Crippen LogP contribution is -2.19. The molecule has 0 bridgehead atoms. The third kappa shape index (κ3) is 5.25. The molecule has 0 saturated carbocycles. The quantitative estimate of drug-likeness (QED) is 0.541. The van der Waals surface area contributed by atoms with Crippen molar-refractivity contribution in [3.63, 3.8) is 0 Å². The molecule has 20 heavy (non-hydrogen) atoms. The predicted molar refractivity (Wildman–Crippen MR) is 70.8 cm³/mol. The van der Waals surface area contributed by atoms with Crippen molar-refractivity contribution in [1.29, 1.82) is 0 Å². The molecular formula is C12H17NO6S. The third-order valence-electron chi connectivity index (χ3n) is 2.31. The summed E-state index contributed by atoms with van der Waals surface area (Å²) in [5, 5.41) is 5.03. The van der Waals surface area contributed by atoms with Gasteiger partial charge in [-0.15, -0.1) is 0 Å². The maximum Gasteiger partial charge on any atom is 0.339 e. The van der Waals surface area contributed by atoms with E-state index in [1.807, 2.05) is 0 Å². The van der Waals surface area contributed by atoms with Crippen LogP contribution in [0, 0.1) is 0 Å². The molecule has 1 rings (SSSR count). The maximum absolute atomic E-state index is 11.8. The lowest BCUT2D eigenvalue weighted by molar-refractivity contribution is 0.0211. The van der Waals surface area contributed by atoms with Crippen molar-refractivity contribution in [3.8, 4) is 0 Å². The lowest BCUT2D eigenvalue weighted by atomic mass is 10.2. The first kappa shape index (κ1) is 16.6. The normalized spacial score (nSPS) is 11.3. The van der Waals surface area contributed by atoms with Gasteiger partial charge in [0, 0.05) is 7.11 Å². The highest BCUT2D eigenvalue weighted by Crippen LogP contribution is 2.14. The van der Waals surface area contributed by atoms with Crippen molar-refractivity contribution < 1.29 is 27.4 Å². The highest BCUT2D eigenvalue weighted by atomic mass is 32.2. The van der Waals surface area contributed by atoms with E-state index in [1.54, 1.807) is 7.11 Å². The van der Waals surface area contributed by atoms with E-state index in [1.165, 1.54) is 24.3 Å². The fraction of sp³-hybridized carbons (Fsp3) is 0.417. The van der Waals surface area contributed by atoms with Crippen LogP contribution in [0.4, 0.5) is 0 Å². The first-order valence-corrected chi connectivity index (χ1v) is 7.37. The average Bonchev–Trinajstić information content (AvgIpc) is 2.41. The van der Waals surface area contributed by atoms with Gasteiger partial charge in [-0.2, -0.15) is 0 Å². The molecule has 0 aliphatic carbocycles. The monoisotopic (exact) mass is 303 g/mol. The number of hydrogen-bond acceptors (Lipinski definition) is 6. The van der Waals surface area contributed by atoms with E-state index in [-0.39, 0.29) is 23.7 Å². The number of sulfonamides is 1. The molecule has 0 saturated heterocycles. The minimum atomic E-state index is -3.97. The van der Waals surface area contributed by atoms with Gasteiger partial charge >= 0.3 is 5.97 Å². The third-order valence-corrected chi connectivity index (χ3v) is 3.28. The number of esters is 1. The van der Waals surface area contributed by atoms with Gasteiger partial charge in [-0.3, -0.25) is 0 Å². The Balaban J connectivity index is 2.56. The molecule has 2 N–H and O–H groups in total. The summed E-state index contributed by atoms with van der Waals surface area (Å²) >= 11 is 0. The number of nitrogens with two attached hydrogens (primary N) is 1. The van der Waals surface area contributed by atoms with E-state index in [0.29, 0.717) is 13.2 Å². The fourth-order valence-electron chi connectivity index (χ4n) is 1.40. The fourth-order valence-corrected chi connectivity index (χ4v) is 2.12. The molecular weight excluding hydrogens is 286 g/mol. The standard InChI is InChI=1S/C12H17NO6S/c1-17-6-7-18-8-9-19-12(14)10-4-2-3-5-11(10)20(13,15)16/h2-5H,6-9H2,1H3,(H2,13,15,16). The minimum Gasteiger partial charge on any atom is -0.460 e. The molecule has 7 nitrogen and oxygen atoms in total. The van der Waals surface area contributed by atoms with Crippen LogP contribution in [0.2, 0.25) is 0 Å². The zero-order valence-corrected chi connectivity index (χ0v) is 11.9. The Labute approximate surface area is 117 Å².